The molecule has 3 aromatic rings. The molecule has 3 aromatic carbocycles. The second-order valence-corrected chi connectivity index (χ2v) is 11.9. The van der Waals surface area contributed by atoms with Crippen LogP contribution in [0.1, 0.15) is 62.4 Å². The number of amidine groups is 1. The van der Waals surface area contributed by atoms with Gasteiger partial charge in [0.2, 0.25) is 0 Å². The molecule has 0 heterocycles. The third kappa shape index (κ3) is 9.13. The highest BCUT2D eigenvalue weighted by Gasteiger charge is 2.26. The van der Waals surface area contributed by atoms with Crippen molar-refractivity contribution in [1.29, 1.82) is 0 Å². The fraction of sp³-hybridized carbons (Fsp3) is 0.323. The number of carbonyl (C=O) groups excluding carboxylic acids is 2. The number of oxime groups is 1. The van der Waals surface area contributed by atoms with E-state index in [9.17, 15) is 9.59 Å². The zero-order valence-corrected chi connectivity index (χ0v) is 25.3. The van der Waals surface area contributed by atoms with E-state index in [1.54, 1.807) is 42.5 Å². The minimum atomic E-state index is -0.556. The standard InChI is InChI=1S/C31H35BrN4O6/c1-31(2,3)42-30(38)35-23-10-8-22(9-11-23)34-29(37)20-16-26(40-24-12-4-19(5-13-24)28(33)36-39)18-27(17-20)41-25-14-6-21(32)7-15-25/h4-7,12-18,22-23,39H,8-11H2,1-3H3,(H2,33,36)(H,34,37)(H,35,38). The first kappa shape index (κ1) is 30.7. The van der Waals surface area contributed by atoms with E-state index in [1.165, 1.54) is 0 Å². The maximum Gasteiger partial charge on any atom is 0.407 e. The van der Waals surface area contributed by atoms with Gasteiger partial charge in [0.15, 0.2) is 5.84 Å². The van der Waals surface area contributed by atoms with Crippen molar-refractivity contribution in [2.24, 2.45) is 10.9 Å². The minimum Gasteiger partial charge on any atom is -0.457 e. The van der Waals surface area contributed by atoms with E-state index in [1.807, 2.05) is 45.0 Å². The number of nitrogens with two attached hydrogens (primary N) is 1. The Kier molecular flexibility index (Phi) is 9.95. The maximum absolute atomic E-state index is 13.4. The number of benzene rings is 3. The zero-order chi connectivity index (χ0) is 30.3. The quantitative estimate of drug-likeness (QED) is 0.0930. The van der Waals surface area contributed by atoms with E-state index >= 15 is 0 Å². The molecule has 1 aliphatic carbocycles. The summed E-state index contributed by atoms with van der Waals surface area (Å²) in [6, 6.07) is 19.0. The second-order valence-electron chi connectivity index (χ2n) is 11.0. The molecule has 0 radical (unpaired) electrons. The summed E-state index contributed by atoms with van der Waals surface area (Å²) in [7, 11) is 0. The lowest BCUT2D eigenvalue weighted by Gasteiger charge is -2.30. The van der Waals surface area contributed by atoms with E-state index in [-0.39, 0.29) is 23.8 Å². The van der Waals surface area contributed by atoms with Gasteiger partial charge >= 0.3 is 6.09 Å². The van der Waals surface area contributed by atoms with E-state index in [0.29, 0.717) is 34.1 Å². The highest BCUT2D eigenvalue weighted by atomic mass is 79.9. The minimum absolute atomic E-state index is 0.000954. The normalized spacial score (nSPS) is 17.2. The van der Waals surface area contributed by atoms with Crippen LogP contribution in [0.2, 0.25) is 0 Å². The Morgan fingerprint density at radius 3 is 1.81 bits per heavy atom. The summed E-state index contributed by atoms with van der Waals surface area (Å²) in [5, 5.41) is 17.9. The van der Waals surface area contributed by atoms with Crippen molar-refractivity contribution in [2.45, 2.75) is 64.1 Å². The molecule has 5 N–H and O–H groups in total. The molecule has 222 valence electrons. The molecular formula is C31H35BrN4O6. The number of nitrogens with one attached hydrogen (secondary N) is 2. The predicted molar refractivity (Wildman–Crippen MR) is 163 cm³/mol. The number of rotatable bonds is 8. The van der Waals surface area contributed by atoms with Gasteiger partial charge in [-0.2, -0.15) is 0 Å². The second kappa shape index (κ2) is 13.6. The SMILES string of the molecule is CC(C)(C)OC(=O)NC1CCC(NC(=O)c2cc(Oc3ccc(Br)cc3)cc(Oc3ccc(C(N)=NO)cc3)c2)CC1. The molecule has 4 rings (SSSR count). The first-order valence-electron chi connectivity index (χ1n) is 13.6. The maximum atomic E-state index is 13.4. The number of ether oxygens (including phenoxy) is 3. The van der Waals surface area contributed by atoms with Crippen LogP contribution in [0.25, 0.3) is 0 Å². The van der Waals surface area contributed by atoms with Gasteiger partial charge < -0.3 is 35.8 Å². The molecule has 0 atom stereocenters. The average Bonchev–Trinajstić information content (AvgIpc) is 2.94. The number of nitrogens with zero attached hydrogens (tertiary/aromatic N) is 1. The van der Waals surface area contributed by atoms with Crippen molar-refractivity contribution in [3.63, 3.8) is 0 Å². The van der Waals surface area contributed by atoms with E-state index in [2.05, 4.69) is 31.7 Å². The summed E-state index contributed by atoms with van der Waals surface area (Å²) in [4.78, 5) is 25.5. The Hall–Kier alpha value is -4.25. The lowest BCUT2D eigenvalue weighted by atomic mass is 9.91. The van der Waals surface area contributed by atoms with Gasteiger partial charge in [-0.15, -0.1) is 0 Å². The monoisotopic (exact) mass is 638 g/mol. The molecule has 0 aromatic heterocycles. The molecular weight excluding hydrogens is 604 g/mol. The molecule has 0 saturated heterocycles. The number of hydrogen-bond donors (Lipinski definition) is 4. The summed E-state index contributed by atoms with van der Waals surface area (Å²) >= 11 is 3.42. The van der Waals surface area contributed by atoms with Crippen LogP contribution < -0.4 is 25.8 Å². The van der Waals surface area contributed by atoms with Crippen LogP contribution in [0.5, 0.6) is 23.0 Å². The lowest BCUT2D eigenvalue weighted by Crippen LogP contribution is -2.45. The van der Waals surface area contributed by atoms with Crippen molar-refractivity contribution in [3.05, 3.63) is 82.3 Å². The van der Waals surface area contributed by atoms with Gasteiger partial charge in [-0.1, -0.05) is 21.1 Å². The third-order valence-corrected chi connectivity index (χ3v) is 7.00. The number of carbonyl (C=O) groups is 2. The molecule has 11 heteroatoms. The Labute approximate surface area is 253 Å². The number of amides is 2. The van der Waals surface area contributed by atoms with Crippen molar-refractivity contribution in [2.75, 3.05) is 0 Å². The van der Waals surface area contributed by atoms with Crippen LogP contribution in [0.15, 0.2) is 76.4 Å². The molecule has 1 saturated carbocycles. The lowest BCUT2D eigenvalue weighted by molar-refractivity contribution is 0.0488. The highest BCUT2D eigenvalue weighted by molar-refractivity contribution is 9.10. The summed E-state index contributed by atoms with van der Waals surface area (Å²) in [5.74, 6) is 1.65. The van der Waals surface area contributed by atoms with Crippen molar-refractivity contribution < 1.29 is 29.0 Å². The summed E-state index contributed by atoms with van der Waals surface area (Å²) in [5.41, 5.74) is 6.01. The van der Waals surface area contributed by atoms with Crippen LogP contribution in [-0.4, -0.2) is 40.7 Å². The number of hydrogen-bond acceptors (Lipinski definition) is 7. The molecule has 1 fully saturated rings. The summed E-state index contributed by atoms with van der Waals surface area (Å²) in [6.45, 7) is 5.48. The van der Waals surface area contributed by atoms with Gasteiger partial charge in [0.05, 0.1) is 0 Å². The van der Waals surface area contributed by atoms with Crippen LogP contribution >= 0.6 is 15.9 Å². The Morgan fingerprint density at radius 2 is 1.31 bits per heavy atom. The van der Waals surface area contributed by atoms with Crippen LogP contribution in [0.4, 0.5) is 4.79 Å². The Bertz CT molecular complexity index is 1410. The van der Waals surface area contributed by atoms with Crippen molar-refractivity contribution >= 4 is 33.8 Å². The van der Waals surface area contributed by atoms with Gasteiger partial charge in [-0.05, 0) is 107 Å². The van der Waals surface area contributed by atoms with Gasteiger partial charge in [0.25, 0.3) is 5.91 Å². The van der Waals surface area contributed by atoms with Gasteiger partial charge in [0, 0.05) is 33.7 Å². The smallest absolute Gasteiger partial charge is 0.407 e. The molecule has 10 nitrogen and oxygen atoms in total. The third-order valence-electron chi connectivity index (χ3n) is 6.47. The average molecular weight is 640 g/mol. The molecule has 1 aliphatic rings. The molecule has 0 spiro atoms. The summed E-state index contributed by atoms with van der Waals surface area (Å²) in [6.07, 6.45) is 2.47. The zero-order valence-electron chi connectivity index (χ0n) is 23.7. The fourth-order valence-corrected chi connectivity index (χ4v) is 4.74. The molecule has 2 amide bonds. The number of alkyl carbamates (subject to hydrolysis) is 1. The van der Waals surface area contributed by atoms with E-state index < -0.39 is 11.7 Å². The molecule has 0 bridgehead atoms. The van der Waals surface area contributed by atoms with Gasteiger partial charge in [0.1, 0.15) is 28.6 Å². The largest absolute Gasteiger partial charge is 0.457 e. The van der Waals surface area contributed by atoms with E-state index in [0.717, 1.165) is 30.2 Å². The van der Waals surface area contributed by atoms with Crippen molar-refractivity contribution in [3.8, 4) is 23.0 Å². The molecule has 0 aliphatic heterocycles. The first-order chi connectivity index (χ1) is 20.0. The van der Waals surface area contributed by atoms with E-state index in [4.69, 9.17) is 25.2 Å². The van der Waals surface area contributed by atoms with Crippen molar-refractivity contribution in [1.82, 2.24) is 10.6 Å². The fourth-order valence-electron chi connectivity index (χ4n) is 4.47. The van der Waals surface area contributed by atoms with Gasteiger partial charge in [-0.25, -0.2) is 4.79 Å². The van der Waals surface area contributed by atoms with Crippen LogP contribution in [-0.2, 0) is 4.74 Å². The predicted octanol–water partition coefficient (Wildman–Crippen LogP) is 6.69. The Balaban J connectivity index is 1.45. The topological polar surface area (TPSA) is 144 Å². The van der Waals surface area contributed by atoms with Crippen LogP contribution in [0, 0.1) is 0 Å². The highest BCUT2D eigenvalue weighted by Crippen LogP contribution is 2.31. The van der Waals surface area contributed by atoms with Gasteiger partial charge in [-0.3, -0.25) is 4.79 Å². The van der Waals surface area contributed by atoms with Crippen LogP contribution in [0.3, 0.4) is 0 Å². The number of halogens is 1. The summed E-state index contributed by atoms with van der Waals surface area (Å²) < 4.78 is 18.4. The molecule has 42 heavy (non-hydrogen) atoms. The molecule has 0 unspecified atom stereocenters. The first-order valence-corrected chi connectivity index (χ1v) is 14.4. The Morgan fingerprint density at radius 1 is 0.810 bits per heavy atom.